The van der Waals surface area contributed by atoms with Crippen molar-refractivity contribution in [2.45, 2.75) is 39.4 Å². The van der Waals surface area contributed by atoms with Crippen LogP contribution in [0.1, 0.15) is 32.8 Å². The summed E-state index contributed by atoms with van der Waals surface area (Å²) in [4.78, 5) is 13.7. The first-order valence-corrected chi connectivity index (χ1v) is 7.53. The zero-order valence-electron chi connectivity index (χ0n) is 13.2. The molecule has 4 nitrogen and oxygen atoms in total. The van der Waals surface area contributed by atoms with Gasteiger partial charge in [0.2, 0.25) is 0 Å². The minimum atomic E-state index is -0.432. The Morgan fingerprint density at radius 2 is 2.00 bits per heavy atom. The molecule has 1 atom stereocenters. The number of likely N-dealkylation sites (tertiary alicyclic amines) is 1. The zero-order chi connectivity index (χ0) is 15.3. The standard InChI is InChI=1S/C17H25NO3/c1-17(2,3)21-16(19)18-10-9-15(11-18)13-20-12-14-7-5-4-6-8-14/h4-8,15H,9-13H2,1-3H3/t15-/m0/s1. The van der Waals surface area contributed by atoms with E-state index in [4.69, 9.17) is 9.47 Å². The Morgan fingerprint density at radius 1 is 1.29 bits per heavy atom. The fraction of sp³-hybridized carbons (Fsp3) is 0.588. The molecule has 116 valence electrons. The molecule has 0 unspecified atom stereocenters. The van der Waals surface area contributed by atoms with E-state index >= 15 is 0 Å². The summed E-state index contributed by atoms with van der Waals surface area (Å²) in [5, 5.41) is 0. The van der Waals surface area contributed by atoms with E-state index in [1.54, 1.807) is 4.90 Å². The Labute approximate surface area is 127 Å². The molecule has 1 fully saturated rings. The number of hydrogen-bond donors (Lipinski definition) is 0. The van der Waals surface area contributed by atoms with E-state index in [9.17, 15) is 4.79 Å². The van der Waals surface area contributed by atoms with Gasteiger partial charge in [-0.15, -0.1) is 0 Å². The number of benzene rings is 1. The molecular formula is C17H25NO3. The van der Waals surface area contributed by atoms with E-state index in [0.29, 0.717) is 19.1 Å². The van der Waals surface area contributed by atoms with Gasteiger partial charge in [0, 0.05) is 19.0 Å². The molecule has 1 aliphatic rings. The van der Waals surface area contributed by atoms with Crippen molar-refractivity contribution in [1.29, 1.82) is 0 Å². The van der Waals surface area contributed by atoms with E-state index in [1.807, 2.05) is 39.0 Å². The molecular weight excluding hydrogens is 266 g/mol. The van der Waals surface area contributed by atoms with Gasteiger partial charge in [-0.05, 0) is 32.8 Å². The molecule has 1 amide bonds. The van der Waals surface area contributed by atoms with Gasteiger partial charge in [0.1, 0.15) is 5.60 Å². The quantitative estimate of drug-likeness (QED) is 0.852. The third kappa shape index (κ3) is 5.38. The second-order valence-corrected chi connectivity index (χ2v) is 6.58. The number of hydrogen-bond acceptors (Lipinski definition) is 3. The summed E-state index contributed by atoms with van der Waals surface area (Å²) < 4.78 is 11.1. The summed E-state index contributed by atoms with van der Waals surface area (Å²) in [7, 11) is 0. The summed E-state index contributed by atoms with van der Waals surface area (Å²) >= 11 is 0. The van der Waals surface area contributed by atoms with Crippen molar-refractivity contribution in [2.75, 3.05) is 19.7 Å². The molecule has 1 saturated heterocycles. The van der Waals surface area contributed by atoms with Crippen molar-refractivity contribution in [1.82, 2.24) is 4.90 Å². The van der Waals surface area contributed by atoms with Crippen LogP contribution in [0.25, 0.3) is 0 Å². The molecule has 0 spiro atoms. The molecule has 0 N–H and O–H groups in total. The average Bonchev–Trinajstić information content (AvgIpc) is 2.87. The number of amides is 1. The number of nitrogens with zero attached hydrogens (tertiary/aromatic N) is 1. The number of carbonyl (C=O) groups is 1. The van der Waals surface area contributed by atoms with Crippen molar-refractivity contribution >= 4 is 6.09 Å². The van der Waals surface area contributed by atoms with E-state index in [-0.39, 0.29) is 6.09 Å². The van der Waals surface area contributed by atoms with Gasteiger partial charge in [-0.1, -0.05) is 30.3 Å². The monoisotopic (exact) mass is 291 g/mol. The van der Waals surface area contributed by atoms with Gasteiger partial charge in [0.15, 0.2) is 0 Å². The lowest BCUT2D eigenvalue weighted by atomic mass is 10.1. The molecule has 21 heavy (non-hydrogen) atoms. The molecule has 1 aromatic carbocycles. The van der Waals surface area contributed by atoms with Crippen molar-refractivity contribution in [3.63, 3.8) is 0 Å². The molecule has 0 aliphatic carbocycles. The van der Waals surface area contributed by atoms with Gasteiger partial charge in [0.25, 0.3) is 0 Å². The molecule has 1 aliphatic heterocycles. The van der Waals surface area contributed by atoms with Crippen LogP contribution >= 0.6 is 0 Å². The third-order valence-corrected chi connectivity index (χ3v) is 3.40. The summed E-state index contributed by atoms with van der Waals surface area (Å²) in [6, 6.07) is 10.1. The molecule has 0 bridgehead atoms. The van der Waals surface area contributed by atoms with Crippen LogP contribution in [0.3, 0.4) is 0 Å². The van der Waals surface area contributed by atoms with Crippen LogP contribution in [0.5, 0.6) is 0 Å². The predicted octanol–water partition coefficient (Wildman–Crippen LogP) is 3.46. The fourth-order valence-electron chi connectivity index (χ4n) is 2.38. The van der Waals surface area contributed by atoms with Crippen LogP contribution in [0, 0.1) is 5.92 Å². The van der Waals surface area contributed by atoms with Crippen LogP contribution in [0.15, 0.2) is 30.3 Å². The lowest BCUT2D eigenvalue weighted by molar-refractivity contribution is 0.0271. The Kier molecular flexibility index (Phi) is 5.23. The lowest BCUT2D eigenvalue weighted by Crippen LogP contribution is -2.35. The third-order valence-electron chi connectivity index (χ3n) is 3.40. The van der Waals surface area contributed by atoms with Crippen molar-refractivity contribution in [3.05, 3.63) is 35.9 Å². The fourth-order valence-corrected chi connectivity index (χ4v) is 2.38. The van der Waals surface area contributed by atoms with Crippen molar-refractivity contribution in [3.8, 4) is 0 Å². The highest BCUT2D eigenvalue weighted by Crippen LogP contribution is 2.20. The maximum Gasteiger partial charge on any atom is 0.410 e. The van der Waals surface area contributed by atoms with Gasteiger partial charge < -0.3 is 14.4 Å². The number of rotatable bonds is 4. The maximum atomic E-state index is 12.0. The SMILES string of the molecule is CC(C)(C)OC(=O)N1CC[C@H](COCc2ccccc2)C1. The van der Waals surface area contributed by atoms with Gasteiger partial charge in [-0.3, -0.25) is 0 Å². The normalized spacial score (nSPS) is 18.8. The highest BCUT2D eigenvalue weighted by molar-refractivity contribution is 5.68. The van der Waals surface area contributed by atoms with E-state index in [2.05, 4.69) is 12.1 Å². The van der Waals surface area contributed by atoms with Crippen LogP contribution in [0.2, 0.25) is 0 Å². The van der Waals surface area contributed by atoms with Gasteiger partial charge in [0.05, 0.1) is 13.2 Å². The molecule has 4 heteroatoms. The first-order chi connectivity index (χ1) is 9.94. The Morgan fingerprint density at radius 3 is 2.67 bits per heavy atom. The number of ether oxygens (including phenoxy) is 2. The van der Waals surface area contributed by atoms with Gasteiger partial charge >= 0.3 is 6.09 Å². The molecule has 2 rings (SSSR count). The molecule has 0 aromatic heterocycles. The van der Waals surface area contributed by atoms with Crippen LogP contribution < -0.4 is 0 Å². The van der Waals surface area contributed by atoms with Gasteiger partial charge in [-0.2, -0.15) is 0 Å². The minimum Gasteiger partial charge on any atom is -0.444 e. The Balaban J connectivity index is 1.69. The van der Waals surface area contributed by atoms with E-state index in [0.717, 1.165) is 19.5 Å². The molecule has 1 aromatic rings. The maximum absolute atomic E-state index is 12.0. The first kappa shape index (κ1) is 15.8. The summed E-state index contributed by atoms with van der Waals surface area (Å²) in [5.41, 5.74) is 0.749. The average molecular weight is 291 g/mol. The minimum absolute atomic E-state index is 0.215. The summed E-state index contributed by atoms with van der Waals surface area (Å²) in [6.07, 6.45) is 0.765. The largest absolute Gasteiger partial charge is 0.444 e. The second-order valence-electron chi connectivity index (χ2n) is 6.58. The zero-order valence-corrected chi connectivity index (χ0v) is 13.2. The highest BCUT2D eigenvalue weighted by atomic mass is 16.6. The summed E-state index contributed by atoms with van der Waals surface area (Å²) in [6.45, 7) is 8.47. The second kappa shape index (κ2) is 6.94. The van der Waals surface area contributed by atoms with Crippen LogP contribution in [-0.4, -0.2) is 36.3 Å². The van der Waals surface area contributed by atoms with Crippen molar-refractivity contribution < 1.29 is 14.3 Å². The summed E-state index contributed by atoms with van der Waals surface area (Å²) in [5.74, 6) is 0.404. The van der Waals surface area contributed by atoms with Crippen LogP contribution in [0.4, 0.5) is 4.79 Å². The van der Waals surface area contributed by atoms with E-state index in [1.165, 1.54) is 5.56 Å². The Bertz CT molecular complexity index is 453. The highest BCUT2D eigenvalue weighted by Gasteiger charge is 2.29. The van der Waals surface area contributed by atoms with Gasteiger partial charge in [-0.25, -0.2) is 4.79 Å². The molecule has 0 saturated carbocycles. The predicted molar refractivity (Wildman–Crippen MR) is 82.0 cm³/mol. The van der Waals surface area contributed by atoms with E-state index < -0.39 is 5.60 Å². The topological polar surface area (TPSA) is 38.8 Å². The first-order valence-electron chi connectivity index (χ1n) is 7.53. The Hall–Kier alpha value is -1.55. The molecule has 0 radical (unpaired) electrons. The van der Waals surface area contributed by atoms with Crippen molar-refractivity contribution in [2.24, 2.45) is 5.92 Å². The molecule has 1 heterocycles. The number of carbonyl (C=O) groups excluding carboxylic acids is 1. The lowest BCUT2D eigenvalue weighted by Gasteiger charge is -2.24. The smallest absolute Gasteiger partial charge is 0.410 e. The van der Waals surface area contributed by atoms with Crippen LogP contribution in [-0.2, 0) is 16.1 Å².